The van der Waals surface area contributed by atoms with Gasteiger partial charge in [-0.2, -0.15) is 5.10 Å². The molecule has 2 N–H and O–H groups in total. The fourth-order valence-corrected chi connectivity index (χ4v) is 3.63. The fraction of sp³-hybridized carbons (Fsp3) is 0.393. The molecule has 6 heteroatoms. The second kappa shape index (κ2) is 10.7. The summed E-state index contributed by atoms with van der Waals surface area (Å²) in [4.78, 5) is 17.8. The number of aryl methyl sites for hydroxylation is 4. The van der Waals surface area contributed by atoms with Crippen molar-refractivity contribution in [2.45, 2.75) is 73.4 Å². The van der Waals surface area contributed by atoms with Crippen LogP contribution in [-0.2, 0) is 18.5 Å². The van der Waals surface area contributed by atoms with E-state index in [-0.39, 0.29) is 11.3 Å². The van der Waals surface area contributed by atoms with Gasteiger partial charge in [0, 0.05) is 29.6 Å². The number of aromatic nitrogens is 2. The van der Waals surface area contributed by atoms with E-state index in [2.05, 4.69) is 61.6 Å². The highest BCUT2D eigenvalue weighted by atomic mass is 16.1. The molecule has 0 atom stereocenters. The third-order valence-electron chi connectivity index (χ3n) is 5.80. The van der Waals surface area contributed by atoms with Crippen molar-refractivity contribution in [3.8, 4) is 0 Å². The fourth-order valence-electron chi connectivity index (χ4n) is 3.63. The van der Waals surface area contributed by atoms with Crippen molar-refractivity contribution in [3.05, 3.63) is 82.2 Å². The molecule has 2 aromatic carbocycles. The van der Waals surface area contributed by atoms with Crippen LogP contribution in [0.4, 0.5) is 5.69 Å². The Bertz CT molecular complexity index is 1170. The summed E-state index contributed by atoms with van der Waals surface area (Å²) in [6.45, 7) is 16.0. The third-order valence-corrected chi connectivity index (χ3v) is 5.80. The number of nitrogens with one attached hydrogen (secondary N) is 2. The largest absolute Gasteiger partial charge is 0.326 e. The van der Waals surface area contributed by atoms with Crippen LogP contribution in [0.15, 0.2) is 53.7 Å². The van der Waals surface area contributed by atoms with E-state index in [1.807, 2.05) is 55.9 Å². The minimum Gasteiger partial charge on any atom is -0.326 e. The van der Waals surface area contributed by atoms with Crippen molar-refractivity contribution in [1.29, 1.82) is 0 Å². The normalized spacial score (nSPS) is 12.0. The standard InChI is InChI=1S/C28H37N5O/c1-8-15-33-18-23(21(4)32-33)17-29-27(30-25-16-19(2)9-10-20(25)3)31-26(34)22-11-13-24(14-12-22)28(5,6)7/h9-14,16,18H,8,15,17H2,1-7H3,(H2,29,30,31,34). The van der Waals surface area contributed by atoms with Gasteiger partial charge in [-0.3, -0.25) is 14.8 Å². The van der Waals surface area contributed by atoms with Crippen LogP contribution >= 0.6 is 0 Å². The Hall–Kier alpha value is -3.41. The minimum absolute atomic E-state index is 0.0337. The molecule has 3 rings (SSSR count). The molecule has 0 saturated heterocycles. The number of carbonyl (C=O) groups is 1. The molecule has 0 unspecified atom stereocenters. The molecule has 0 radical (unpaired) electrons. The average molecular weight is 460 g/mol. The number of benzene rings is 2. The topological polar surface area (TPSA) is 71.3 Å². The molecular weight excluding hydrogens is 422 g/mol. The van der Waals surface area contributed by atoms with Crippen molar-refractivity contribution in [1.82, 2.24) is 15.1 Å². The van der Waals surface area contributed by atoms with Crippen LogP contribution in [0, 0.1) is 20.8 Å². The Labute approximate surface area is 203 Å². The highest BCUT2D eigenvalue weighted by Gasteiger charge is 2.16. The first-order valence-corrected chi connectivity index (χ1v) is 11.9. The lowest BCUT2D eigenvalue weighted by Gasteiger charge is -2.19. The Morgan fingerprint density at radius 3 is 2.41 bits per heavy atom. The van der Waals surface area contributed by atoms with Crippen LogP contribution in [0.2, 0.25) is 0 Å². The number of aliphatic imine (C=N–C) groups is 1. The molecule has 0 aliphatic rings. The van der Waals surface area contributed by atoms with Crippen LogP contribution in [0.5, 0.6) is 0 Å². The number of rotatable bonds is 6. The summed E-state index contributed by atoms with van der Waals surface area (Å²) < 4.78 is 1.95. The Balaban J connectivity index is 1.85. The van der Waals surface area contributed by atoms with Crippen LogP contribution < -0.4 is 10.6 Å². The lowest BCUT2D eigenvalue weighted by Crippen LogP contribution is -2.36. The first kappa shape index (κ1) is 25.2. The number of guanidine groups is 1. The van der Waals surface area contributed by atoms with Crippen molar-refractivity contribution in [3.63, 3.8) is 0 Å². The van der Waals surface area contributed by atoms with Crippen molar-refractivity contribution >= 4 is 17.6 Å². The van der Waals surface area contributed by atoms with Gasteiger partial charge in [0.1, 0.15) is 0 Å². The summed E-state index contributed by atoms with van der Waals surface area (Å²) in [5, 5.41) is 10.9. The Morgan fingerprint density at radius 2 is 1.76 bits per heavy atom. The Kier molecular flexibility index (Phi) is 7.92. The number of amides is 1. The van der Waals surface area contributed by atoms with Crippen molar-refractivity contribution < 1.29 is 4.79 Å². The van der Waals surface area contributed by atoms with Crippen LogP contribution in [0.25, 0.3) is 0 Å². The second-order valence-electron chi connectivity index (χ2n) is 9.89. The molecule has 180 valence electrons. The molecule has 0 spiro atoms. The molecule has 3 aromatic rings. The van der Waals surface area contributed by atoms with Crippen LogP contribution in [-0.4, -0.2) is 21.6 Å². The molecule has 0 fully saturated rings. The van der Waals surface area contributed by atoms with Gasteiger partial charge in [-0.05, 0) is 67.5 Å². The molecule has 0 bridgehead atoms. The maximum Gasteiger partial charge on any atom is 0.257 e. The third kappa shape index (κ3) is 6.56. The summed E-state index contributed by atoms with van der Waals surface area (Å²) in [5.41, 5.74) is 6.93. The van der Waals surface area contributed by atoms with E-state index in [1.165, 1.54) is 5.56 Å². The number of carbonyl (C=O) groups excluding carboxylic acids is 1. The molecule has 34 heavy (non-hydrogen) atoms. The molecule has 0 saturated carbocycles. The summed E-state index contributed by atoms with van der Waals surface area (Å²) >= 11 is 0. The van der Waals surface area contributed by atoms with Gasteiger partial charge in [0.15, 0.2) is 0 Å². The predicted molar refractivity (Wildman–Crippen MR) is 141 cm³/mol. The van der Waals surface area contributed by atoms with Gasteiger partial charge in [0.2, 0.25) is 5.96 Å². The van der Waals surface area contributed by atoms with Gasteiger partial charge in [-0.15, -0.1) is 0 Å². The predicted octanol–water partition coefficient (Wildman–Crippen LogP) is 5.91. The average Bonchev–Trinajstić information content (AvgIpc) is 3.13. The maximum absolute atomic E-state index is 13.1. The van der Waals surface area contributed by atoms with E-state index < -0.39 is 0 Å². The molecule has 1 amide bonds. The molecule has 1 heterocycles. The SMILES string of the molecule is CCCn1cc(CN=C(NC(=O)c2ccc(C(C)(C)C)cc2)Nc2cc(C)ccc2C)c(C)n1. The van der Waals surface area contributed by atoms with Crippen LogP contribution in [0.3, 0.4) is 0 Å². The van der Waals surface area contributed by atoms with Crippen LogP contribution in [0.1, 0.15) is 72.4 Å². The van der Waals surface area contributed by atoms with Gasteiger partial charge < -0.3 is 5.32 Å². The smallest absolute Gasteiger partial charge is 0.257 e. The summed E-state index contributed by atoms with van der Waals surface area (Å²) in [6, 6.07) is 13.9. The summed E-state index contributed by atoms with van der Waals surface area (Å²) in [5.74, 6) is 0.219. The zero-order valence-electron chi connectivity index (χ0n) is 21.5. The number of anilines is 1. The van der Waals surface area contributed by atoms with Gasteiger partial charge in [-0.1, -0.05) is 52.0 Å². The number of nitrogens with zero attached hydrogens (tertiary/aromatic N) is 3. The highest BCUT2D eigenvalue weighted by molar-refractivity contribution is 6.10. The monoisotopic (exact) mass is 459 g/mol. The maximum atomic E-state index is 13.1. The van der Waals surface area contributed by atoms with E-state index in [1.54, 1.807) is 0 Å². The zero-order valence-corrected chi connectivity index (χ0v) is 21.5. The van der Waals surface area contributed by atoms with Gasteiger partial charge >= 0.3 is 0 Å². The van der Waals surface area contributed by atoms with Crippen molar-refractivity contribution in [2.24, 2.45) is 4.99 Å². The number of hydrogen-bond acceptors (Lipinski definition) is 3. The number of hydrogen-bond donors (Lipinski definition) is 2. The van der Waals surface area contributed by atoms with Gasteiger partial charge in [0.05, 0.1) is 12.2 Å². The first-order valence-electron chi connectivity index (χ1n) is 11.9. The van der Waals surface area contributed by atoms with Gasteiger partial charge in [-0.25, -0.2) is 4.99 Å². The molecule has 0 aliphatic heterocycles. The molecule has 6 nitrogen and oxygen atoms in total. The van der Waals surface area contributed by atoms with E-state index in [9.17, 15) is 4.79 Å². The second-order valence-corrected chi connectivity index (χ2v) is 9.89. The minimum atomic E-state index is -0.199. The van der Waals surface area contributed by atoms with E-state index in [0.717, 1.165) is 41.0 Å². The summed E-state index contributed by atoms with van der Waals surface area (Å²) in [7, 11) is 0. The Morgan fingerprint density at radius 1 is 1.06 bits per heavy atom. The molecule has 1 aromatic heterocycles. The molecule has 0 aliphatic carbocycles. The zero-order chi connectivity index (χ0) is 24.9. The van der Waals surface area contributed by atoms with Crippen molar-refractivity contribution in [2.75, 3.05) is 5.32 Å². The quantitative estimate of drug-likeness (QED) is 0.355. The first-order chi connectivity index (χ1) is 16.1. The lowest BCUT2D eigenvalue weighted by molar-refractivity contribution is 0.0977. The lowest BCUT2D eigenvalue weighted by atomic mass is 9.87. The molecular formula is C28H37N5O. The van der Waals surface area contributed by atoms with E-state index in [4.69, 9.17) is 4.99 Å². The highest BCUT2D eigenvalue weighted by Crippen LogP contribution is 2.22. The van der Waals surface area contributed by atoms with E-state index >= 15 is 0 Å². The summed E-state index contributed by atoms with van der Waals surface area (Å²) in [6.07, 6.45) is 3.05. The van der Waals surface area contributed by atoms with Gasteiger partial charge in [0.25, 0.3) is 5.91 Å². The van der Waals surface area contributed by atoms with E-state index in [0.29, 0.717) is 18.1 Å².